The molecule has 8 rings (SSSR count). The lowest BCUT2D eigenvalue weighted by molar-refractivity contribution is -0.144. The molecule has 258 valence electrons. The van der Waals surface area contributed by atoms with Gasteiger partial charge in [-0.3, -0.25) is 29.5 Å². The Labute approximate surface area is 295 Å². The van der Waals surface area contributed by atoms with Crippen LogP contribution in [-0.2, 0) is 24.6 Å². The number of nitrogens with one attached hydrogen (secondary N) is 1. The molecular formula is C40H39ClFN3O5. The van der Waals surface area contributed by atoms with Gasteiger partial charge in [0.15, 0.2) is 0 Å². The molecule has 6 unspecified atom stereocenters. The highest BCUT2D eigenvalue weighted by Crippen LogP contribution is 2.64. The van der Waals surface area contributed by atoms with Crippen LogP contribution in [0.5, 0.6) is 5.75 Å². The molecule has 0 radical (unpaired) electrons. The van der Waals surface area contributed by atoms with Crippen LogP contribution in [-0.4, -0.2) is 44.7 Å². The minimum Gasteiger partial charge on any atom is -0.507 e. The molecule has 5 aliphatic rings. The third-order valence-electron chi connectivity index (χ3n) is 12.1. The Balaban J connectivity index is 1.33. The van der Waals surface area contributed by atoms with E-state index in [-0.39, 0.29) is 30.0 Å². The quantitative estimate of drug-likeness (QED) is 0.218. The maximum atomic E-state index is 15.3. The number of hydrazine groups is 1. The monoisotopic (exact) mass is 695 g/mol. The van der Waals surface area contributed by atoms with Crippen LogP contribution in [0.25, 0.3) is 0 Å². The van der Waals surface area contributed by atoms with Gasteiger partial charge in [0.25, 0.3) is 11.8 Å². The lowest BCUT2D eigenvalue weighted by Crippen LogP contribution is -2.53. The lowest BCUT2D eigenvalue weighted by atomic mass is 9.49. The van der Waals surface area contributed by atoms with Gasteiger partial charge in [0.05, 0.1) is 28.9 Å². The Morgan fingerprint density at radius 3 is 2.18 bits per heavy atom. The number of phenolic OH excluding ortho intramolecular Hbond substituents is 1. The van der Waals surface area contributed by atoms with Gasteiger partial charge in [-0.2, -0.15) is 5.01 Å². The first-order valence-corrected chi connectivity index (χ1v) is 17.9. The summed E-state index contributed by atoms with van der Waals surface area (Å²) in [7, 11) is 0. The molecule has 0 bridgehead atoms. The molecule has 8 nitrogen and oxygen atoms in total. The van der Waals surface area contributed by atoms with Crippen LogP contribution in [0.3, 0.4) is 0 Å². The average Bonchev–Trinajstić information content (AvgIpc) is 3.49. The predicted molar refractivity (Wildman–Crippen MR) is 185 cm³/mol. The molecule has 3 aromatic rings. The van der Waals surface area contributed by atoms with Gasteiger partial charge in [-0.05, 0) is 104 Å². The Kier molecular flexibility index (Phi) is 7.90. The van der Waals surface area contributed by atoms with E-state index in [9.17, 15) is 23.9 Å². The van der Waals surface area contributed by atoms with Crippen molar-refractivity contribution < 1.29 is 28.7 Å². The largest absolute Gasteiger partial charge is 0.507 e. The Morgan fingerprint density at radius 2 is 1.52 bits per heavy atom. The number of likely N-dealkylation sites (tertiary alicyclic amines) is 1. The number of rotatable bonds is 5. The van der Waals surface area contributed by atoms with E-state index in [0.717, 1.165) is 48.2 Å². The van der Waals surface area contributed by atoms with E-state index in [1.165, 1.54) is 24.3 Å². The minimum atomic E-state index is -1.46. The van der Waals surface area contributed by atoms with E-state index in [4.69, 9.17) is 11.6 Å². The van der Waals surface area contributed by atoms with Gasteiger partial charge in [0.2, 0.25) is 11.8 Å². The standard InChI is InChI=1S/C40H39ClFN3O5/c1-21-18-23(19-22(2)35(21)46)34-29-16-17-30-33(38(49)44(36(30)47)28-6-4-3-5-7-28)31(29)20-32-37(48)45(43-27-14-12-26(42)13-15-27)39(50)40(32,34)24-8-10-25(41)11-9-24/h8-16,18-19,28,30-34,43,46H,3-7,17,20H2,1-2H3. The number of anilines is 1. The van der Waals surface area contributed by atoms with Gasteiger partial charge in [-0.1, -0.05) is 66.8 Å². The first-order chi connectivity index (χ1) is 24.0. The summed E-state index contributed by atoms with van der Waals surface area (Å²) in [5, 5.41) is 12.4. The van der Waals surface area contributed by atoms with Gasteiger partial charge < -0.3 is 5.11 Å². The highest BCUT2D eigenvalue weighted by atomic mass is 35.5. The number of halogens is 2. The smallest absolute Gasteiger partial charge is 0.260 e. The second kappa shape index (κ2) is 12.1. The summed E-state index contributed by atoms with van der Waals surface area (Å²) in [6, 6.07) is 16.0. The zero-order valence-electron chi connectivity index (χ0n) is 28.0. The van der Waals surface area contributed by atoms with Crippen LogP contribution in [0.4, 0.5) is 10.1 Å². The molecule has 2 saturated heterocycles. The van der Waals surface area contributed by atoms with Crippen LogP contribution in [0.2, 0.25) is 5.02 Å². The SMILES string of the molecule is Cc1cc(C2C3=CCC4C(=O)N(C5CCCCC5)C(=O)C4C3CC3C(=O)N(Nc4ccc(F)cc4)C(=O)C32c2ccc(Cl)cc2)cc(C)c1O. The van der Waals surface area contributed by atoms with Crippen molar-refractivity contribution in [3.63, 3.8) is 0 Å². The van der Waals surface area contributed by atoms with E-state index >= 15 is 4.79 Å². The number of hydrogen-bond acceptors (Lipinski definition) is 6. The number of aromatic hydroxyl groups is 1. The summed E-state index contributed by atoms with van der Waals surface area (Å²) >= 11 is 6.38. The molecule has 2 heterocycles. The van der Waals surface area contributed by atoms with Crippen molar-refractivity contribution in [2.24, 2.45) is 23.7 Å². The van der Waals surface area contributed by atoms with E-state index < -0.39 is 52.6 Å². The molecule has 50 heavy (non-hydrogen) atoms. The lowest BCUT2D eigenvalue weighted by Gasteiger charge is -2.50. The third-order valence-corrected chi connectivity index (χ3v) is 12.3. The number of hydrogen-bond donors (Lipinski definition) is 2. The van der Waals surface area contributed by atoms with Crippen LogP contribution >= 0.6 is 11.6 Å². The van der Waals surface area contributed by atoms with Crippen LogP contribution in [0.1, 0.15) is 73.1 Å². The average molecular weight is 696 g/mol. The zero-order chi connectivity index (χ0) is 35.1. The number of carbonyl (C=O) groups excluding carboxylic acids is 4. The molecule has 0 spiro atoms. The molecule has 10 heteroatoms. The van der Waals surface area contributed by atoms with Crippen molar-refractivity contribution in [2.45, 2.75) is 76.2 Å². The molecule has 2 saturated carbocycles. The molecule has 3 aromatic carbocycles. The Morgan fingerprint density at radius 1 is 0.860 bits per heavy atom. The summed E-state index contributed by atoms with van der Waals surface area (Å²) in [4.78, 5) is 60.1. The summed E-state index contributed by atoms with van der Waals surface area (Å²) in [6.07, 6.45) is 7.24. The number of aryl methyl sites for hydroxylation is 2. The maximum absolute atomic E-state index is 15.3. The number of carbonyl (C=O) groups is 4. The molecule has 2 aliphatic heterocycles. The summed E-state index contributed by atoms with van der Waals surface area (Å²) in [5.41, 5.74) is 5.31. The highest BCUT2D eigenvalue weighted by Gasteiger charge is 2.70. The van der Waals surface area contributed by atoms with Gasteiger partial charge >= 0.3 is 0 Å². The maximum Gasteiger partial charge on any atom is 0.260 e. The van der Waals surface area contributed by atoms with Crippen LogP contribution in [0, 0.1) is 43.3 Å². The zero-order valence-corrected chi connectivity index (χ0v) is 28.8. The van der Waals surface area contributed by atoms with Gasteiger partial charge in [0, 0.05) is 17.0 Å². The molecule has 4 amide bonds. The fraction of sp³-hybridized carbons (Fsp3) is 0.400. The second-order valence-electron chi connectivity index (χ2n) is 14.7. The van der Waals surface area contributed by atoms with E-state index in [2.05, 4.69) is 5.43 Å². The summed E-state index contributed by atoms with van der Waals surface area (Å²) in [6.45, 7) is 3.60. The minimum absolute atomic E-state index is 0.113. The molecule has 6 atom stereocenters. The van der Waals surface area contributed by atoms with Crippen molar-refractivity contribution >= 4 is 40.9 Å². The summed E-state index contributed by atoms with van der Waals surface area (Å²) in [5.74, 6) is -4.82. The number of phenols is 1. The number of benzene rings is 3. The number of amides is 4. The molecule has 3 aliphatic carbocycles. The first kappa shape index (κ1) is 32.7. The van der Waals surface area contributed by atoms with E-state index in [1.54, 1.807) is 43.0 Å². The van der Waals surface area contributed by atoms with Crippen LogP contribution < -0.4 is 5.43 Å². The number of nitrogens with zero attached hydrogens (tertiary/aromatic N) is 2. The molecule has 2 N–H and O–H groups in total. The number of imide groups is 2. The highest BCUT2D eigenvalue weighted by molar-refractivity contribution is 6.30. The molecular weight excluding hydrogens is 657 g/mol. The van der Waals surface area contributed by atoms with Crippen molar-refractivity contribution in [2.75, 3.05) is 5.43 Å². The second-order valence-corrected chi connectivity index (χ2v) is 15.2. The van der Waals surface area contributed by atoms with Crippen molar-refractivity contribution in [1.29, 1.82) is 0 Å². The predicted octanol–water partition coefficient (Wildman–Crippen LogP) is 7.12. The van der Waals surface area contributed by atoms with E-state index in [1.807, 2.05) is 18.2 Å². The van der Waals surface area contributed by atoms with Gasteiger partial charge in [-0.15, -0.1) is 0 Å². The van der Waals surface area contributed by atoms with Gasteiger partial charge in [-0.25, -0.2) is 4.39 Å². The van der Waals surface area contributed by atoms with Crippen molar-refractivity contribution in [3.05, 3.63) is 105 Å². The first-order valence-electron chi connectivity index (χ1n) is 17.6. The normalized spacial score (nSPS) is 29.5. The van der Waals surface area contributed by atoms with Crippen LogP contribution in [0.15, 0.2) is 72.3 Å². The summed E-state index contributed by atoms with van der Waals surface area (Å²) < 4.78 is 13.9. The Bertz CT molecular complexity index is 1930. The van der Waals surface area contributed by atoms with Crippen molar-refractivity contribution in [3.8, 4) is 5.75 Å². The molecule has 0 aromatic heterocycles. The van der Waals surface area contributed by atoms with E-state index in [0.29, 0.717) is 33.8 Å². The number of fused-ring (bicyclic) bond motifs is 4. The Hall–Kier alpha value is -4.50. The number of allylic oxidation sites excluding steroid dienone is 2. The molecule has 4 fully saturated rings. The fourth-order valence-electron chi connectivity index (χ4n) is 9.91. The topological polar surface area (TPSA) is 107 Å². The van der Waals surface area contributed by atoms with Crippen molar-refractivity contribution in [1.82, 2.24) is 9.91 Å². The van der Waals surface area contributed by atoms with Gasteiger partial charge in [0.1, 0.15) is 11.6 Å². The fourth-order valence-corrected chi connectivity index (χ4v) is 10.0. The third kappa shape index (κ3) is 4.76.